The van der Waals surface area contributed by atoms with E-state index in [1.807, 2.05) is 6.08 Å². The molecule has 0 radical (unpaired) electrons. The molecule has 40 heavy (non-hydrogen) atoms. The quantitative estimate of drug-likeness (QED) is 0.0466. The van der Waals surface area contributed by atoms with Crippen LogP contribution in [0.3, 0.4) is 0 Å². The van der Waals surface area contributed by atoms with Gasteiger partial charge in [-0.3, -0.25) is 4.79 Å². The van der Waals surface area contributed by atoms with Gasteiger partial charge in [0.25, 0.3) is 0 Å². The number of amides is 1. The average Bonchev–Trinajstić information content (AvgIpc) is 2.96. The van der Waals surface area contributed by atoms with Gasteiger partial charge in [0.1, 0.15) is 6.10 Å². The summed E-state index contributed by atoms with van der Waals surface area (Å²) >= 11 is 0. The lowest BCUT2D eigenvalue weighted by Gasteiger charge is -2.21. The summed E-state index contributed by atoms with van der Waals surface area (Å²) in [5.74, 6) is -0.536. The number of nitrogens with one attached hydrogen (secondary N) is 1. The first-order valence-electron chi connectivity index (χ1n) is 16.1. The number of aliphatic hydroxyl groups is 3. The number of allylic oxidation sites excluding steroid dienone is 9. The van der Waals surface area contributed by atoms with Gasteiger partial charge in [-0.25, -0.2) is 0 Å². The molecule has 0 rings (SSSR count). The highest BCUT2D eigenvalue weighted by Crippen LogP contribution is 2.10. The molecule has 0 saturated heterocycles. The smallest absolute Gasteiger partial charge is 0.249 e. The second-order valence-corrected chi connectivity index (χ2v) is 10.7. The van der Waals surface area contributed by atoms with Crippen LogP contribution in [0.2, 0.25) is 0 Å². The lowest BCUT2D eigenvalue weighted by Crippen LogP contribution is -2.48. The van der Waals surface area contributed by atoms with Gasteiger partial charge in [-0.15, -0.1) is 0 Å². The third-order valence-electron chi connectivity index (χ3n) is 6.84. The lowest BCUT2D eigenvalue weighted by molar-refractivity contribution is -0.131. The topological polar surface area (TPSA) is 89.8 Å². The molecular formula is C35H61NO4. The zero-order valence-electron chi connectivity index (χ0n) is 25.7. The lowest BCUT2D eigenvalue weighted by atomic mass is 10.1. The van der Waals surface area contributed by atoms with E-state index < -0.39 is 30.8 Å². The highest BCUT2D eigenvalue weighted by Gasteiger charge is 2.22. The molecule has 0 aromatic carbocycles. The molecule has 0 fully saturated rings. The van der Waals surface area contributed by atoms with Crippen molar-refractivity contribution in [2.45, 2.75) is 148 Å². The molecule has 0 aliphatic rings. The van der Waals surface area contributed by atoms with Crippen molar-refractivity contribution in [1.82, 2.24) is 5.32 Å². The summed E-state index contributed by atoms with van der Waals surface area (Å²) in [6.45, 7) is 4.03. The highest BCUT2D eigenvalue weighted by atomic mass is 16.3. The minimum Gasteiger partial charge on any atom is -0.394 e. The van der Waals surface area contributed by atoms with Crippen molar-refractivity contribution in [3.8, 4) is 0 Å². The number of unbranched alkanes of at least 4 members (excludes halogenated alkanes) is 12. The van der Waals surface area contributed by atoms with E-state index in [-0.39, 0.29) is 0 Å². The fourth-order valence-corrected chi connectivity index (χ4v) is 4.19. The van der Waals surface area contributed by atoms with Crippen LogP contribution in [0.25, 0.3) is 0 Å². The van der Waals surface area contributed by atoms with Gasteiger partial charge in [-0.2, -0.15) is 0 Å². The first-order valence-corrected chi connectivity index (χ1v) is 16.1. The molecule has 0 bridgehead atoms. The van der Waals surface area contributed by atoms with Crippen molar-refractivity contribution in [2.75, 3.05) is 6.61 Å². The van der Waals surface area contributed by atoms with Crippen LogP contribution < -0.4 is 5.32 Å². The van der Waals surface area contributed by atoms with Crippen molar-refractivity contribution >= 4 is 5.91 Å². The molecule has 3 atom stereocenters. The van der Waals surface area contributed by atoms with Crippen LogP contribution in [0, 0.1) is 0 Å². The van der Waals surface area contributed by atoms with Crippen LogP contribution in [-0.2, 0) is 4.79 Å². The Morgan fingerprint density at radius 3 is 1.73 bits per heavy atom. The molecule has 0 aliphatic carbocycles. The van der Waals surface area contributed by atoms with Crippen molar-refractivity contribution < 1.29 is 20.1 Å². The van der Waals surface area contributed by atoms with E-state index in [0.717, 1.165) is 77.0 Å². The van der Waals surface area contributed by atoms with Crippen molar-refractivity contribution in [3.05, 3.63) is 60.8 Å². The van der Waals surface area contributed by atoms with E-state index in [2.05, 4.69) is 67.8 Å². The number of aliphatic hydroxyl groups excluding tert-OH is 3. The second kappa shape index (κ2) is 30.0. The SMILES string of the molecule is CCCC/C=C/CC/C=C/CC/C=C/C(O)C(CO)NC(=O)C(O)CCCCCCC/C=C\C=C/CCCCC. The van der Waals surface area contributed by atoms with Gasteiger partial charge in [0.05, 0.1) is 18.8 Å². The van der Waals surface area contributed by atoms with Crippen molar-refractivity contribution in [1.29, 1.82) is 0 Å². The maximum atomic E-state index is 12.3. The fourth-order valence-electron chi connectivity index (χ4n) is 4.19. The maximum Gasteiger partial charge on any atom is 0.249 e. The van der Waals surface area contributed by atoms with Gasteiger partial charge < -0.3 is 20.6 Å². The van der Waals surface area contributed by atoms with E-state index in [4.69, 9.17) is 0 Å². The number of carbonyl (C=O) groups is 1. The van der Waals surface area contributed by atoms with Gasteiger partial charge in [0, 0.05) is 0 Å². The van der Waals surface area contributed by atoms with Crippen molar-refractivity contribution in [2.24, 2.45) is 0 Å². The van der Waals surface area contributed by atoms with E-state index in [9.17, 15) is 20.1 Å². The Bertz CT molecular complexity index is 710. The molecule has 0 heterocycles. The van der Waals surface area contributed by atoms with Crippen LogP contribution in [0.5, 0.6) is 0 Å². The first-order chi connectivity index (χ1) is 19.6. The standard InChI is InChI=1S/C35H61NO4/c1-3-5-7-9-11-13-15-17-18-20-22-24-26-28-30-34(39)35(40)36-32(31-37)33(38)29-27-25-23-21-19-16-14-12-10-8-6-4-2/h10-13,15,17,19,21,27,29,32-34,37-39H,3-9,14,16,18,20,22-26,28,30-31H2,1-2H3,(H,36,40)/b12-10+,13-11-,17-15-,21-19+,29-27+. The monoisotopic (exact) mass is 559 g/mol. The molecular weight excluding hydrogens is 498 g/mol. The van der Waals surface area contributed by atoms with E-state index in [1.54, 1.807) is 6.08 Å². The highest BCUT2D eigenvalue weighted by molar-refractivity contribution is 5.80. The summed E-state index contributed by atoms with van der Waals surface area (Å²) < 4.78 is 0. The van der Waals surface area contributed by atoms with Crippen molar-refractivity contribution in [3.63, 3.8) is 0 Å². The van der Waals surface area contributed by atoms with Crippen LogP contribution >= 0.6 is 0 Å². The van der Waals surface area contributed by atoms with E-state index in [0.29, 0.717) is 6.42 Å². The Hall–Kier alpha value is -1.95. The number of carbonyl (C=O) groups excluding carboxylic acids is 1. The van der Waals surface area contributed by atoms with Gasteiger partial charge in [-0.1, -0.05) is 126 Å². The van der Waals surface area contributed by atoms with Gasteiger partial charge in [-0.05, 0) is 64.2 Å². The van der Waals surface area contributed by atoms with Gasteiger partial charge >= 0.3 is 0 Å². The largest absolute Gasteiger partial charge is 0.394 e. The molecule has 5 heteroatoms. The summed E-state index contributed by atoms with van der Waals surface area (Å²) in [6, 6.07) is -0.826. The summed E-state index contributed by atoms with van der Waals surface area (Å²) in [6.07, 6.45) is 37.9. The minimum atomic E-state index is -1.12. The predicted octanol–water partition coefficient (Wildman–Crippen LogP) is 8.03. The molecule has 0 aliphatic heterocycles. The van der Waals surface area contributed by atoms with Crippen LogP contribution in [0.4, 0.5) is 0 Å². The molecule has 3 unspecified atom stereocenters. The molecule has 0 spiro atoms. The molecule has 5 nitrogen and oxygen atoms in total. The predicted molar refractivity (Wildman–Crippen MR) is 171 cm³/mol. The maximum absolute atomic E-state index is 12.3. The summed E-state index contributed by atoms with van der Waals surface area (Å²) in [4.78, 5) is 12.3. The number of hydrogen-bond acceptors (Lipinski definition) is 4. The number of rotatable bonds is 27. The Morgan fingerprint density at radius 2 is 1.12 bits per heavy atom. The van der Waals surface area contributed by atoms with E-state index >= 15 is 0 Å². The van der Waals surface area contributed by atoms with Crippen LogP contribution in [-0.4, -0.2) is 46.1 Å². The molecule has 0 saturated carbocycles. The Kier molecular flexibility index (Phi) is 28.6. The Labute approximate surface area is 246 Å². The summed E-state index contributed by atoms with van der Waals surface area (Å²) in [5.41, 5.74) is 0. The Morgan fingerprint density at radius 1 is 0.625 bits per heavy atom. The molecule has 0 aromatic heterocycles. The second-order valence-electron chi connectivity index (χ2n) is 10.7. The van der Waals surface area contributed by atoms with E-state index in [1.165, 1.54) is 32.1 Å². The molecule has 1 amide bonds. The van der Waals surface area contributed by atoms with Crippen LogP contribution in [0.15, 0.2) is 60.8 Å². The minimum absolute atomic E-state index is 0.388. The third kappa shape index (κ3) is 25.0. The molecule has 0 aromatic rings. The van der Waals surface area contributed by atoms with Gasteiger partial charge in [0.2, 0.25) is 5.91 Å². The van der Waals surface area contributed by atoms with Crippen LogP contribution in [0.1, 0.15) is 129 Å². The Balaban J connectivity index is 3.94. The summed E-state index contributed by atoms with van der Waals surface area (Å²) in [5, 5.41) is 32.7. The van der Waals surface area contributed by atoms with Gasteiger partial charge in [0.15, 0.2) is 0 Å². The summed E-state index contributed by atoms with van der Waals surface area (Å²) in [7, 11) is 0. The average molecular weight is 560 g/mol. The normalized spacial score (nSPS) is 14.8. The number of hydrogen-bond donors (Lipinski definition) is 4. The zero-order chi connectivity index (χ0) is 29.5. The zero-order valence-corrected chi connectivity index (χ0v) is 25.7. The first kappa shape index (κ1) is 38.0. The third-order valence-corrected chi connectivity index (χ3v) is 6.84. The molecule has 230 valence electrons. The molecule has 4 N–H and O–H groups in total. The fraction of sp³-hybridized carbons (Fsp3) is 0.686.